The number of hydrogen-bond acceptors (Lipinski definition) is 5. The van der Waals surface area contributed by atoms with Gasteiger partial charge in [-0.3, -0.25) is 4.79 Å². The molecule has 0 radical (unpaired) electrons. The molecule has 0 spiro atoms. The van der Waals surface area contributed by atoms with Crippen molar-refractivity contribution >= 4 is 23.7 Å². The molecule has 0 saturated carbocycles. The van der Waals surface area contributed by atoms with Crippen LogP contribution in [0.5, 0.6) is 0 Å². The van der Waals surface area contributed by atoms with Gasteiger partial charge in [0.05, 0.1) is 13.2 Å². The molecule has 7 N–H and O–H groups in total. The maximum absolute atomic E-state index is 10.7. The Bertz CT molecular complexity index is 595. The molecule has 1 rings (SSSR count). The molecule has 3 amide bonds. The normalized spacial score (nSPS) is 11.0. The summed E-state index contributed by atoms with van der Waals surface area (Å²) in [5, 5.41) is 2.56. The minimum atomic E-state index is -0.494. The first kappa shape index (κ1) is 31.2. The molecule has 1 aromatic carbocycles. The minimum absolute atomic E-state index is 0.181. The largest absolute Gasteiger partial charge is 0.375 e. The van der Waals surface area contributed by atoms with Gasteiger partial charge in [-0.05, 0) is 56.2 Å². The van der Waals surface area contributed by atoms with E-state index in [1.54, 1.807) is 11.8 Å². The van der Waals surface area contributed by atoms with E-state index in [4.69, 9.17) is 21.9 Å². The van der Waals surface area contributed by atoms with Gasteiger partial charge in [0.2, 0.25) is 5.91 Å². The number of urea groups is 1. The van der Waals surface area contributed by atoms with Crippen LogP contribution in [0.15, 0.2) is 36.4 Å². The number of carbonyl (C=O) groups excluding carboxylic acids is 2. The lowest BCUT2D eigenvalue weighted by Crippen LogP contribution is -2.30. The fourth-order valence-corrected chi connectivity index (χ4v) is 2.28. The Hall–Kier alpha value is -2.03. The Labute approximate surface area is 192 Å². The van der Waals surface area contributed by atoms with Gasteiger partial charge in [-0.25, -0.2) is 4.79 Å². The maximum Gasteiger partial charge on any atom is 0.312 e. The van der Waals surface area contributed by atoms with Gasteiger partial charge in [-0.2, -0.15) is 11.8 Å². The third-order valence-corrected chi connectivity index (χ3v) is 3.80. The molecule has 0 heterocycles. The number of benzene rings is 1. The summed E-state index contributed by atoms with van der Waals surface area (Å²) >= 11 is 1.75. The molecular weight excluding hydrogens is 412 g/mol. The summed E-state index contributed by atoms with van der Waals surface area (Å²) in [6.45, 7) is 5.61. The number of carbonyl (C=O) groups is 2. The lowest BCUT2D eigenvalue weighted by Gasteiger charge is -2.11. The second-order valence-electron chi connectivity index (χ2n) is 6.88. The highest BCUT2D eigenvalue weighted by Crippen LogP contribution is 2.08. The summed E-state index contributed by atoms with van der Waals surface area (Å²) in [5.74, 6) is -0.345. The number of ether oxygens (including phenoxy) is 1. The Balaban J connectivity index is 0. The number of aryl methyl sites for hydroxylation is 1. The predicted octanol–water partition coefficient (Wildman–Crippen LogP) is 3.35. The van der Waals surface area contributed by atoms with E-state index in [-0.39, 0.29) is 18.4 Å². The van der Waals surface area contributed by atoms with E-state index in [2.05, 4.69) is 24.4 Å². The second kappa shape index (κ2) is 22.7. The number of thioether (sulfide) groups is 1. The van der Waals surface area contributed by atoms with Crippen LogP contribution in [0.3, 0.4) is 0 Å². The molecule has 0 aromatic heterocycles. The van der Waals surface area contributed by atoms with Crippen LogP contribution in [0, 0.1) is 0 Å². The van der Waals surface area contributed by atoms with Crippen molar-refractivity contribution in [3.8, 4) is 0 Å². The van der Waals surface area contributed by atoms with Crippen molar-refractivity contribution in [3.63, 3.8) is 0 Å². The summed E-state index contributed by atoms with van der Waals surface area (Å²) in [6.07, 6.45) is 12.0. The first-order chi connectivity index (χ1) is 14.8. The maximum atomic E-state index is 10.7. The van der Waals surface area contributed by atoms with Gasteiger partial charge in [-0.1, -0.05) is 43.3 Å². The number of primary amides is 2. The van der Waals surface area contributed by atoms with Crippen molar-refractivity contribution in [2.24, 2.45) is 17.2 Å². The van der Waals surface area contributed by atoms with Gasteiger partial charge >= 0.3 is 6.03 Å². The Morgan fingerprint density at radius 1 is 1.16 bits per heavy atom. The summed E-state index contributed by atoms with van der Waals surface area (Å²) < 4.78 is 5.54. The minimum Gasteiger partial charge on any atom is -0.375 e. The molecule has 178 valence electrons. The van der Waals surface area contributed by atoms with E-state index in [9.17, 15) is 9.59 Å². The third kappa shape index (κ3) is 24.1. The third-order valence-electron chi connectivity index (χ3n) is 3.80. The second-order valence-corrected chi connectivity index (χ2v) is 7.69. The summed E-state index contributed by atoms with van der Waals surface area (Å²) in [4.78, 5) is 21.2. The number of nitrogens with two attached hydrogens (primary N) is 3. The smallest absolute Gasteiger partial charge is 0.312 e. The summed E-state index contributed by atoms with van der Waals surface area (Å²) in [6, 6.07) is 7.41. The zero-order chi connectivity index (χ0) is 23.9. The van der Waals surface area contributed by atoms with Gasteiger partial charge < -0.3 is 27.3 Å². The van der Waals surface area contributed by atoms with Crippen molar-refractivity contribution in [2.75, 3.05) is 25.7 Å². The molecule has 0 fully saturated rings. The number of amides is 3. The van der Waals surface area contributed by atoms with E-state index < -0.39 is 6.03 Å². The first-order valence-electron chi connectivity index (χ1n) is 10.5. The van der Waals surface area contributed by atoms with Crippen LogP contribution >= 0.6 is 11.8 Å². The van der Waals surface area contributed by atoms with Gasteiger partial charge in [-0.15, -0.1) is 0 Å². The fourth-order valence-electron chi connectivity index (χ4n) is 2.28. The van der Waals surface area contributed by atoms with E-state index in [1.807, 2.05) is 43.7 Å². The van der Waals surface area contributed by atoms with Crippen LogP contribution < -0.4 is 22.5 Å². The van der Waals surface area contributed by atoms with Crippen LogP contribution in [-0.4, -0.2) is 43.6 Å². The molecule has 31 heavy (non-hydrogen) atoms. The van der Waals surface area contributed by atoms with E-state index >= 15 is 0 Å². The van der Waals surface area contributed by atoms with Gasteiger partial charge in [0.25, 0.3) is 0 Å². The van der Waals surface area contributed by atoms with Crippen LogP contribution in [0.4, 0.5) is 4.79 Å². The number of allylic oxidation sites excluding steroid dienone is 2. The fraction of sp³-hybridized carbons (Fsp3) is 0.565. The molecule has 0 aliphatic heterocycles. The molecule has 0 aliphatic carbocycles. The molecule has 1 aromatic rings. The zero-order valence-electron chi connectivity index (χ0n) is 19.6. The molecule has 0 aliphatic rings. The Kier molecular flexibility index (Phi) is 22.8. The van der Waals surface area contributed by atoms with Crippen molar-refractivity contribution in [3.05, 3.63) is 47.5 Å². The lowest BCUT2D eigenvalue weighted by atomic mass is 10.1. The molecule has 7 nitrogen and oxygen atoms in total. The van der Waals surface area contributed by atoms with Gasteiger partial charge in [0, 0.05) is 19.0 Å². The van der Waals surface area contributed by atoms with Crippen LogP contribution in [0.25, 0.3) is 0 Å². The predicted molar refractivity (Wildman–Crippen MR) is 133 cm³/mol. The van der Waals surface area contributed by atoms with Crippen molar-refractivity contribution in [1.82, 2.24) is 5.32 Å². The average molecular weight is 455 g/mol. The molecule has 1 unspecified atom stereocenters. The van der Waals surface area contributed by atoms with Crippen molar-refractivity contribution < 1.29 is 14.3 Å². The average Bonchev–Trinajstić information content (AvgIpc) is 2.72. The number of rotatable bonds is 12. The van der Waals surface area contributed by atoms with Crippen LogP contribution in [0.2, 0.25) is 0 Å². The highest BCUT2D eigenvalue weighted by atomic mass is 32.2. The van der Waals surface area contributed by atoms with Gasteiger partial charge in [0.15, 0.2) is 0 Å². The van der Waals surface area contributed by atoms with Crippen LogP contribution in [0.1, 0.15) is 50.7 Å². The van der Waals surface area contributed by atoms with E-state index in [0.29, 0.717) is 26.2 Å². The Morgan fingerprint density at radius 2 is 1.74 bits per heavy atom. The molecule has 0 bridgehead atoms. The monoisotopic (exact) mass is 454 g/mol. The quantitative estimate of drug-likeness (QED) is 0.284. The molecule has 1 atom stereocenters. The highest BCUT2D eigenvalue weighted by molar-refractivity contribution is 7.97. The van der Waals surface area contributed by atoms with Crippen molar-refractivity contribution in [2.45, 2.75) is 58.6 Å². The number of nitrogens with one attached hydrogen (secondary N) is 1. The standard InChI is InChI=1S/C16H26N4O3.C5H10.C2H6S/c17-14(7-8-15(18)21)11-23-10-13-5-3-12(4-6-13)2-1-9-20-16(19)22;1-3-5-4-2;1-3-2/h3-6,14H,1-2,7-11,17H2,(H2,18,21)(H3,19,20,22);3,5H,4H2,1-2H3;1-2H3/b;5-3-;. The topological polar surface area (TPSA) is 133 Å². The molecule has 0 saturated heterocycles. The van der Waals surface area contributed by atoms with Crippen molar-refractivity contribution in [1.29, 1.82) is 0 Å². The van der Waals surface area contributed by atoms with Crippen LogP contribution in [-0.2, 0) is 22.6 Å². The van der Waals surface area contributed by atoms with Gasteiger partial charge in [0.1, 0.15) is 0 Å². The highest BCUT2D eigenvalue weighted by Gasteiger charge is 2.05. The lowest BCUT2D eigenvalue weighted by molar-refractivity contribution is -0.118. The van der Waals surface area contributed by atoms with E-state index in [1.165, 1.54) is 5.56 Å². The first-order valence-corrected chi connectivity index (χ1v) is 12.2. The van der Waals surface area contributed by atoms with E-state index in [0.717, 1.165) is 24.8 Å². The molecule has 8 heteroatoms. The summed E-state index contributed by atoms with van der Waals surface area (Å²) in [7, 11) is 0. The molecular formula is C23H42N4O3S. The number of hydrogen-bond donors (Lipinski definition) is 4. The SMILES string of the molecule is C/C=C\CC.CSC.NC(=O)CCC(N)COCc1ccc(CCCNC(N)=O)cc1. The zero-order valence-corrected chi connectivity index (χ0v) is 20.4. The summed E-state index contributed by atoms with van der Waals surface area (Å²) in [5.41, 5.74) is 18.2. The Morgan fingerprint density at radius 3 is 2.19 bits per heavy atom.